The number of pyridine rings is 1. The Bertz CT molecular complexity index is 715. The second-order valence-corrected chi connectivity index (χ2v) is 13.1. The van der Waals surface area contributed by atoms with Crippen molar-refractivity contribution in [2.24, 2.45) is 0 Å². The Hall–Kier alpha value is -1.07. The highest BCUT2D eigenvalue weighted by Crippen LogP contribution is 2.38. The first-order valence-electron chi connectivity index (χ1n) is 8.26. The van der Waals surface area contributed by atoms with Gasteiger partial charge < -0.3 is 9.16 Å². The molecule has 0 aliphatic rings. The topological polar surface area (TPSA) is 31.4 Å². The lowest BCUT2D eigenvalue weighted by atomic mass is 10.2. The van der Waals surface area contributed by atoms with E-state index in [4.69, 9.17) is 32.4 Å². The van der Waals surface area contributed by atoms with E-state index in [1.165, 1.54) is 0 Å². The number of hydrogen-bond donors (Lipinski definition) is 0. The maximum Gasteiger partial charge on any atom is 0.192 e. The zero-order valence-corrected chi connectivity index (χ0v) is 17.9. The van der Waals surface area contributed by atoms with Gasteiger partial charge in [0.1, 0.15) is 22.7 Å². The van der Waals surface area contributed by atoms with E-state index < -0.39 is 8.32 Å². The van der Waals surface area contributed by atoms with E-state index in [-0.39, 0.29) is 5.04 Å². The highest BCUT2D eigenvalue weighted by Gasteiger charge is 2.37. The van der Waals surface area contributed by atoms with Crippen LogP contribution in [0.4, 0.5) is 0 Å². The van der Waals surface area contributed by atoms with Crippen LogP contribution in [0.5, 0.6) is 5.75 Å². The summed E-state index contributed by atoms with van der Waals surface area (Å²) in [5, 5.41) is 0.753. The molecule has 25 heavy (non-hydrogen) atoms. The molecule has 3 nitrogen and oxygen atoms in total. The van der Waals surface area contributed by atoms with Gasteiger partial charge in [0.25, 0.3) is 0 Å². The fraction of sp³-hybridized carbons (Fsp3) is 0.421. The van der Waals surface area contributed by atoms with E-state index >= 15 is 0 Å². The normalized spacial score (nSPS) is 12.3. The fourth-order valence-electron chi connectivity index (χ4n) is 1.95. The lowest BCUT2D eigenvalue weighted by Gasteiger charge is -2.36. The lowest BCUT2D eigenvalue weighted by Crippen LogP contribution is -2.40. The minimum atomic E-state index is -1.91. The van der Waals surface area contributed by atoms with E-state index in [1.54, 1.807) is 6.07 Å². The number of halogens is 2. The molecule has 2 rings (SSSR count). The Morgan fingerprint density at radius 1 is 1.04 bits per heavy atom. The molecule has 0 fully saturated rings. The molecule has 1 aromatic carbocycles. The highest BCUT2D eigenvalue weighted by molar-refractivity contribution is 6.74. The maximum absolute atomic E-state index is 6.32. The first kappa shape index (κ1) is 20.2. The molecule has 1 heterocycles. The van der Waals surface area contributed by atoms with Gasteiger partial charge in [-0.3, -0.25) is 0 Å². The van der Waals surface area contributed by atoms with Crippen molar-refractivity contribution in [3.63, 3.8) is 0 Å². The van der Waals surface area contributed by atoms with Crippen LogP contribution in [0.3, 0.4) is 0 Å². The highest BCUT2D eigenvalue weighted by atomic mass is 35.5. The molecule has 0 N–H and O–H groups in total. The summed E-state index contributed by atoms with van der Waals surface area (Å²) in [5.41, 5.74) is 1.81. The number of benzene rings is 1. The maximum atomic E-state index is 6.32. The van der Waals surface area contributed by atoms with Gasteiger partial charge in [0, 0.05) is 6.07 Å². The van der Waals surface area contributed by atoms with Crippen molar-refractivity contribution >= 4 is 31.5 Å². The number of ether oxygens (including phenoxy) is 1. The molecule has 0 amide bonds. The molecule has 1 aromatic heterocycles. The molecular weight excluding hydrogens is 373 g/mol. The molecular formula is C19H25Cl2NO2Si. The number of aromatic nitrogens is 1. The summed E-state index contributed by atoms with van der Waals surface area (Å²) < 4.78 is 12.2. The van der Waals surface area contributed by atoms with E-state index in [0.717, 1.165) is 11.1 Å². The molecule has 0 saturated heterocycles. The fourth-order valence-corrected chi connectivity index (χ4v) is 3.36. The van der Waals surface area contributed by atoms with Crippen molar-refractivity contribution in [3.05, 3.63) is 57.8 Å². The average Bonchev–Trinajstić information content (AvgIpc) is 2.51. The molecule has 0 bridgehead atoms. The van der Waals surface area contributed by atoms with Crippen molar-refractivity contribution < 1.29 is 9.16 Å². The van der Waals surface area contributed by atoms with Crippen molar-refractivity contribution in [1.82, 2.24) is 4.98 Å². The van der Waals surface area contributed by atoms with Gasteiger partial charge in [0.2, 0.25) is 0 Å². The predicted molar refractivity (Wildman–Crippen MR) is 107 cm³/mol. The Kier molecular flexibility index (Phi) is 6.55. The number of rotatable bonds is 6. The monoisotopic (exact) mass is 397 g/mol. The van der Waals surface area contributed by atoms with Gasteiger partial charge in [-0.15, -0.1) is 0 Å². The Morgan fingerprint density at radius 2 is 1.68 bits per heavy atom. The van der Waals surface area contributed by atoms with Crippen LogP contribution in [0, 0.1) is 0 Å². The van der Waals surface area contributed by atoms with Gasteiger partial charge in [0.15, 0.2) is 8.32 Å². The summed E-state index contributed by atoms with van der Waals surface area (Å²) in [6.07, 6.45) is 0. The van der Waals surface area contributed by atoms with Gasteiger partial charge in [-0.1, -0.05) is 74.3 Å². The lowest BCUT2D eigenvalue weighted by molar-refractivity contribution is 0.256. The van der Waals surface area contributed by atoms with Gasteiger partial charge in [-0.2, -0.15) is 0 Å². The summed E-state index contributed by atoms with van der Waals surface area (Å²) in [6, 6.07) is 11.6. The molecule has 0 radical (unpaired) electrons. The predicted octanol–water partition coefficient (Wildman–Crippen LogP) is 6.49. The quantitative estimate of drug-likeness (QED) is 0.412. The van der Waals surface area contributed by atoms with E-state index in [9.17, 15) is 0 Å². The van der Waals surface area contributed by atoms with Crippen LogP contribution in [0.15, 0.2) is 36.4 Å². The molecule has 136 valence electrons. The van der Waals surface area contributed by atoms with Crippen LogP contribution in [-0.4, -0.2) is 13.3 Å². The van der Waals surface area contributed by atoms with Crippen molar-refractivity contribution in [3.8, 4) is 5.75 Å². The molecule has 6 heteroatoms. The van der Waals surface area contributed by atoms with Crippen LogP contribution in [0.1, 0.15) is 31.9 Å². The molecule has 0 spiro atoms. The molecule has 0 unspecified atom stereocenters. The van der Waals surface area contributed by atoms with Crippen LogP contribution in [-0.2, 0) is 17.6 Å². The van der Waals surface area contributed by atoms with Crippen LogP contribution in [0.2, 0.25) is 28.4 Å². The summed E-state index contributed by atoms with van der Waals surface area (Å²) in [5.74, 6) is 0.618. The summed E-state index contributed by atoms with van der Waals surface area (Å²) in [4.78, 5) is 4.14. The largest absolute Gasteiger partial charge is 0.488 e. The van der Waals surface area contributed by atoms with Crippen molar-refractivity contribution in [1.29, 1.82) is 0 Å². The van der Waals surface area contributed by atoms with Crippen LogP contribution < -0.4 is 4.74 Å². The summed E-state index contributed by atoms with van der Waals surface area (Å²) in [7, 11) is -1.91. The van der Waals surface area contributed by atoms with E-state index in [1.807, 2.05) is 30.3 Å². The minimum Gasteiger partial charge on any atom is -0.488 e. The zero-order chi connectivity index (χ0) is 18.7. The third-order valence-electron chi connectivity index (χ3n) is 4.62. The van der Waals surface area contributed by atoms with Crippen LogP contribution >= 0.6 is 23.2 Å². The first-order valence-corrected chi connectivity index (χ1v) is 11.9. The van der Waals surface area contributed by atoms with Gasteiger partial charge in [-0.05, 0) is 23.7 Å². The second kappa shape index (κ2) is 8.08. The summed E-state index contributed by atoms with van der Waals surface area (Å²) >= 11 is 12.4. The van der Waals surface area contributed by atoms with Gasteiger partial charge in [-0.25, -0.2) is 4.98 Å². The van der Waals surface area contributed by atoms with E-state index in [0.29, 0.717) is 29.3 Å². The Labute approximate surface area is 161 Å². The third-order valence-corrected chi connectivity index (χ3v) is 9.61. The third kappa shape index (κ3) is 5.45. The smallest absolute Gasteiger partial charge is 0.192 e. The first-order chi connectivity index (χ1) is 11.6. The van der Waals surface area contributed by atoms with Crippen molar-refractivity contribution in [2.45, 2.75) is 52.1 Å². The molecule has 0 aliphatic carbocycles. The SMILES string of the molecule is CC(C)(C)[Si](C)(C)OCc1c(OCc2ccccc2)cc(Cl)nc1Cl. The number of hydrogen-bond acceptors (Lipinski definition) is 3. The molecule has 0 aliphatic heterocycles. The minimum absolute atomic E-state index is 0.115. The molecule has 2 aromatic rings. The van der Waals surface area contributed by atoms with Gasteiger partial charge >= 0.3 is 0 Å². The Balaban J connectivity index is 2.19. The average molecular weight is 398 g/mol. The standard InChI is InChI=1S/C19H25Cl2NO2Si/c1-19(2,3)25(4,5)24-13-15-16(11-17(20)22-18(15)21)23-12-14-9-7-6-8-10-14/h6-11H,12-13H2,1-5H3. The molecule has 0 saturated carbocycles. The Morgan fingerprint density at radius 3 is 2.28 bits per heavy atom. The summed E-state index contributed by atoms with van der Waals surface area (Å²) in [6.45, 7) is 11.8. The zero-order valence-electron chi connectivity index (χ0n) is 15.4. The molecule has 0 atom stereocenters. The van der Waals surface area contributed by atoms with Gasteiger partial charge in [0.05, 0.1) is 12.2 Å². The van der Waals surface area contributed by atoms with E-state index in [2.05, 4.69) is 38.8 Å². The second-order valence-electron chi connectivity index (χ2n) is 7.54. The van der Waals surface area contributed by atoms with Crippen LogP contribution in [0.25, 0.3) is 0 Å². The number of nitrogens with zero attached hydrogens (tertiary/aromatic N) is 1. The van der Waals surface area contributed by atoms with Crippen molar-refractivity contribution in [2.75, 3.05) is 0 Å².